The average Bonchev–Trinajstić information content (AvgIpc) is 2.77. The Bertz CT molecular complexity index is 1130. The highest BCUT2D eigenvalue weighted by Gasteiger charge is 2.24. The molecule has 1 aromatic carbocycles. The summed E-state index contributed by atoms with van der Waals surface area (Å²) < 4.78 is 6.79. The Labute approximate surface area is 196 Å². The Morgan fingerprint density at radius 3 is 2.84 bits per heavy atom. The molecule has 7 heteroatoms. The van der Waals surface area contributed by atoms with Crippen LogP contribution in [0.2, 0.25) is 0 Å². The molecular formula is C25H25BrN4O2. The second-order valence-electron chi connectivity index (χ2n) is 7.99. The summed E-state index contributed by atoms with van der Waals surface area (Å²) in [5, 5.41) is 2.95. The zero-order valence-electron chi connectivity index (χ0n) is 18.1. The first-order chi connectivity index (χ1) is 15.5. The number of benzene rings is 1. The minimum Gasteiger partial charge on any atom is -0.439 e. The summed E-state index contributed by atoms with van der Waals surface area (Å²) >= 11 is 3.38. The lowest BCUT2D eigenvalue weighted by Gasteiger charge is -2.33. The Balaban J connectivity index is 1.39. The zero-order chi connectivity index (χ0) is 22.5. The fraction of sp³-hybridized carbons (Fsp3) is 0.240. The standard InChI is InChI=1S/C25H25BrN4O2/c1-17-10-22(15-27-13-17)29-25(31)30-9-8-20(18(2)16-30)11-19-4-3-5-23(12-19)32-24-7-6-21(26)14-28-24/h3-7,10-15,18H,8-9,16H2,1-2H3,(H,29,31). The van der Waals surface area contributed by atoms with Crippen LogP contribution >= 0.6 is 15.9 Å². The molecule has 1 N–H and O–H groups in total. The normalized spacial score (nSPS) is 17.3. The third kappa shape index (κ3) is 5.73. The molecule has 1 saturated heterocycles. The van der Waals surface area contributed by atoms with E-state index in [1.165, 1.54) is 5.57 Å². The molecule has 164 valence electrons. The SMILES string of the molecule is Cc1cncc(NC(=O)N2CCC(=Cc3cccc(Oc4ccc(Br)cn4)c3)C(C)C2)c1. The molecular weight excluding hydrogens is 468 g/mol. The molecule has 32 heavy (non-hydrogen) atoms. The van der Waals surface area contributed by atoms with Crippen molar-refractivity contribution in [2.24, 2.45) is 5.92 Å². The van der Waals surface area contributed by atoms with Crippen molar-refractivity contribution in [2.75, 3.05) is 18.4 Å². The van der Waals surface area contributed by atoms with Crippen LogP contribution in [-0.2, 0) is 0 Å². The first-order valence-electron chi connectivity index (χ1n) is 10.5. The van der Waals surface area contributed by atoms with E-state index in [-0.39, 0.29) is 11.9 Å². The van der Waals surface area contributed by atoms with Crippen molar-refractivity contribution in [3.63, 3.8) is 0 Å². The third-order valence-electron chi connectivity index (χ3n) is 5.34. The van der Waals surface area contributed by atoms with Gasteiger partial charge in [0, 0.05) is 36.0 Å². The molecule has 2 amide bonds. The van der Waals surface area contributed by atoms with Crippen LogP contribution in [0.15, 0.2) is 71.1 Å². The number of urea groups is 1. The fourth-order valence-corrected chi connectivity index (χ4v) is 3.93. The molecule has 6 nitrogen and oxygen atoms in total. The molecule has 3 heterocycles. The van der Waals surface area contributed by atoms with Gasteiger partial charge in [0.15, 0.2) is 0 Å². The van der Waals surface area contributed by atoms with Gasteiger partial charge >= 0.3 is 6.03 Å². The summed E-state index contributed by atoms with van der Waals surface area (Å²) in [6.07, 6.45) is 8.18. The van der Waals surface area contributed by atoms with E-state index in [1.54, 1.807) is 18.6 Å². The van der Waals surface area contributed by atoms with E-state index >= 15 is 0 Å². The summed E-state index contributed by atoms with van der Waals surface area (Å²) in [6.45, 7) is 5.47. The Morgan fingerprint density at radius 1 is 1.22 bits per heavy atom. The van der Waals surface area contributed by atoms with E-state index in [0.717, 1.165) is 33.5 Å². The van der Waals surface area contributed by atoms with Crippen LogP contribution in [0.1, 0.15) is 24.5 Å². The van der Waals surface area contributed by atoms with Gasteiger partial charge in [-0.1, -0.05) is 30.7 Å². The van der Waals surface area contributed by atoms with Gasteiger partial charge in [0.25, 0.3) is 0 Å². The second-order valence-corrected chi connectivity index (χ2v) is 8.90. The van der Waals surface area contributed by atoms with E-state index in [1.807, 2.05) is 48.2 Å². The number of nitrogens with zero attached hydrogens (tertiary/aromatic N) is 3. The van der Waals surface area contributed by atoms with Crippen molar-refractivity contribution in [3.05, 3.63) is 82.2 Å². The van der Waals surface area contributed by atoms with Crippen molar-refractivity contribution in [3.8, 4) is 11.6 Å². The third-order valence-corrected chi connectivity index (χ3v) is 5.81. The molecule has 4 rings (SSSR count). The van der Waals surface area contributed by atoms with Crippen LogP contribution in [0.25, 0.3) is 6.08 Å². The van der Waals surface area contributed by atoms with Crippen molar-refractivity contribution >= 4 is 33.7 Å². The first kappa shape index (κ1) is 22.0. The highest BCUT2D eigenvalue weighted by atomic mass is 79.9. The number of hydrogen-bond donors (Lipinski definition) is 1. The number of anilines is 1. The van der Waals surface area contributed by atoms with Crippen LogP contribution < -0.4 is 10.1 Å². The maximum Gasteiger partial charge on any atom is 0.321 e. The molecule has 0 aliphatic carbocycles. The molecule has 1 atom stereocenters. The van der Waals surface area contributed by atoms with Crippen LogP contribution in [0.3, 0.4) is 0 Å². The van der Waals surface area contributed by atoms with Gasteiger partial charge in [-0.2, -0.15) is 0 Å². The van der Waals surface area contributed by atoms with Gasteiger partial charge in [-0.15, -0.1) is 0 Å². The molecule has 1 aliphatic heterocycles. The van der Waals surface area contributed by atoms with Gasteiger partial charge in [-0.25, -0.2) is 9.78 Å². The van der Waals surface area contributed by atoms with E-state index in [2.05, 4.69) is 50.3 Å². The second kappa shape index (κ2) is 9.96. The Hall–Kier alpha value is -3.19. The molecule has 1 aliphatic rings. The minimum atomic E-state index is -0.0827. The summed E-state index contributed by atoms with van der Waals surface area (Å²) in [4.78, 5) is 22.9. The van der Waals surface area contributed by atoms with E-state index in [0.29, 0.717) is 19.0 Å². The lowest BCUT2D eigenvalue weighted by molar-refractivity contribution is 0.198. The van der Waals surface area contributed by atoms with Crippen LogP contribution in [0, 0.1) is 12.8 Å². The monoisotopic (exact) mass is 492 g/mol. The number of piperidine rings is 1. The van der Waals surface area contributed by atoms with Crippen LogP contribution in [0.4, 0.5) is 10.5 Å². The average molecular weight is 493 g/mol. The predicted molar refractivity (Wildman–Crippen MR) is 130 cm³/mol. The van der Waals surface area contributed by atoms with Gasteiger partial charge in [0.05, 0.1) is 11.9 Å². The highest BCUT2D eigenvalue weighted by molar-refractivity contribution is 9.10. The van der Waals surface area contributed by atoms with Crippen LogP contribution in [-0.4, -0.2) is 34.0 Å². The number of aromatic nitrogens is 2. The van der Waals surface area contributed by atoms with Gasteiger partial charge in [0.2, 0.25) is 5.88 Å². The number of rotatable bonds is 4. The molecule has 0 radical (unpaired) electrons. The van der Waals surface area contributed by atoms with Gasteiger partial charge < -0.3 is 15.0 Å². The minimum absolute atomic E-state index is 0.0827. The van der Waals surface area contributed by atoms with E-state index in [9.17, 15) is 4.79 Å². The molecule has 3 aromatic rings. The van der Waals surface area contributed by atoms with Crippen molar-refractivity contribution in [2.45, 2.75) is 20.3 Å². The van der Waals surface area contributed by atoms with Crippen molar-refractivity contribution in [1.29, 1.82) is 0 Å². The number of carbonyl (C=O) groups is 1. The summed E-state index contributed by atoms with van der Waals surface area (Å²) in [7, 11) is 0. The molecule has 2 aromatic heterocycles. The maximum absolute atomic E-state index is 12.7. The van der Waals surface area contributed by atoms with E-state index < -0.39 is 0 Å². The highest BCUT2D eigenvalue weighted by Crippen LogP contribution is 2.28. The Morgan fingerprint density at radius 2 is 2.09 bits per heavy atom. The number of hydrogen-bond acceptors (Lipinski definition) is 4. The van der Waals surface area contributed by atoms with Crippen LogP contribution in [0.5, 0.6) is 11.6 Å². The number of nitrogens with one attached hydrogen (secondary N) is 1. The zero-order valence-corrected chi connectivity index (χ0v) is 19.7. The number of likely N-dealkylation sites (tertiary alicyclic amines) is 1. The number of halogens is 1. The molecule has 0 saturated carbocycles. The molecule has 1 unspecified atom stereocenters. The first-order valence-corrected chi connectivity index (χ1v) is 11.3. The largest absolute Gasteiger partial charge is 0.439 e. The molecule has 0 bridgehead atoms. The molecule has 0 spiro atoms. The predicted octanol–water partition coefficient (Wildman–Crippen LogP) is 6.30. The summed E-state index contributed by atoms with van der Waals surface area (Å²) in [5.74, 6) is 1.56. The van der Waals surface area contributed by atoms with Gasteiger partial charge in [-0.3, -0.25) is 4.98 Å². The Kier molecular flexibility index (Phi) is 6.85. The number of amides is 2. The topological polar surface area (TPSA) is 67.4 Å². The smallest absolute Gasteiger partial charge is 0.321 e. The van der Waals surface area contributed by atoms with Crippen molar-refractivity contribution in [1.82, 2.24) is 14.9 Å². The maximum atomic E-state index is 12.7. The quantitative estimate of drug-likeness (QED) is 0.464. The number of ether oxygens (including phenoxy) is 1. The van der Waals surface area contributed by atoms with E-state index in [4.69, 9.17) is 4.74 Å². The summed E-state index contributed by atoms with van der Waals surface area (Å²) in [6, 6.07) is 13.5. The summed E-state index contributed by atoms with van der Waals surface area (Å²) in [5.41, 5.74) is 4.14. The van der Waals surface area contributed by atoms with Gasteiger partial charge in [0.1, 0.15) is 5.75 Å². The number of carbonyl (C=O) groups excluding carboxylic acids is 1. The van der Waals surface area contributed by atoms with Crippen molar-refractivity contribution < 1.29 is 9.53 Å². The number of pyridine rings is 2. The lowest BCUT2D eigenvalue weighted by atomic mass is 9.91. The number of aryl methyl sites for hydroxylation is 1. The molecule has 1 fully saturated rings. The van der Waals surface area contributed by atoms with Gasteiger partial charge in [-0.05, 0) is 70.6 Å². The fourth-order valence-electron chi connectivity index (χ4n) is 3.70. The lowest BCUT2D eigenvalue weighted by Crippen LogP contribution is -2.42.